The van der Waals surface area contributed by atoms with Crippen LogP contribution in [0.3, 0.4) is 0 Å². The van der Waals surface area contributed by atoms with Crippen molar-refractivity contribution in [2.24, 2.45) is 23.7 Å². The number of hydrogen-bond donors (Lipinski definition) is 5. The van der Waals surface area contributed by atoms with E-state index in [2.05, 4.69) is 8.91 Å². The van der Waals surface area contributed by atoms with Gasteiger partial charge in [0.25, 0.3) is 0 Å². The van der Waals surface area contributed by atoms with E-state index in [1.165, 1.54) is 14.0 Å². The van der Waals surface area contributed by atoms with Crippen molar-refractivity contribution in [3.8, 4) is 0 Å². The van der Waals surface area contributed by atoms with Gasteiger partial charge in [0.15, 0.2) is 6.10 Å². The summed E-state index contributed by atoms with van der Waals surface area (Å²) in [5.41, 5.74) is 0. The molecule has 0 aliphatic carbocycles. The first-order chi connectivity index (χ1) is 18.8. The first-order valence-corrected chi connectivity index (χ1v) is 16.6. The van der Waals surface area contributed by atoms with E-state index in [1.54, 1.807) is 13.8 Å². The summed E-state index contributed by atoms with van der Waals surface area (Å²) in [6, 6.07) is -1.00. The molecule has 0 radical (unpaired) electrons. The average Bonchev–Trinajstić information content (AvgIpc) is 2.82. The predicted octanol–water partition coefficient (Wildman–Crippen LogP) is -1.05. The van der Waals surface area contributed by atoms with Crippen molar-refractivity contribution >= 4 is 37.1 Å². The van der Waals surface area contributed by atoms with Gasteiger partial charge in [-0.05, 0) is 18.3 Å². The van der Waals surface area contributed by atoms with Crippen LogP contribution in [0.5, 0.6) is 0 Å². The van der Waals surface area contributed by atoms with Gasteiger partial charge in [-0.15, -0.1) is 0 Å². The van der Waals surface area contributed by atoms with Gasteiger partial charge in [-0.1, -0.05) is 20.8 Å². The molecule has 2 aliphatic rings. The number of ether oxygens (including phenoxy) is 4. The molecule has 5 N–H and O–H groups in total. The Morgan fingerprint density at radius 2 is 1.46 bits per heavy atom. The number of carbonyl (C=O) groups is 1. The molecule has 0 spiro atoms. The summed E-state index contributed by atoms with van der Waals surface area (Å²) in [6.07, 6.45) is -5.90. The molecule has 4 unspecified atom stereocenters. The van der Waals surface area contributed by atoms with Crippen LogP contribution in [0.15, 0.2) is 0 Å². The van der Waals surface area contributed by atoms with E-state index in [0.717, 1.165) is 0 Å². The van der Waals surface area contributed by atoms with Gasteiger partial charge >= 0.3 is 37.1 Å². The van der Waals surface area contributed by atoms with Crippen LogP contribution in [0.2, 0.25) is 0 Å². The number of carboxylic acid groups (broad SMARTS) is 1. The summed E-state index contributed by atoms with van der Waals surface area (Å²) in [5.74, 6) is -4.61. The largest absolute Gasteiger partial charge is 0.479 e. The zero-order chi connectivity index (χ0) is 31.3. The zero-order valence-electron chi connectivity index (χ0n) is 22.6. The van der Waals surface area contributed by atoms with E-state index in [9.17, 15) is 44.3 Å². The highest BCUT2D eigenvalue weighted by atomic mass is 32.3. The van der Waals surface area contributed by atoms with Gasteiger partial charge < -0.3 is 24.1 Å². The fraction of sp³-hybridized carbons (Fsp3) is 0.950. The van der Waals surface area contributed by atoms with E-state index in [-0.39, 0.29) is 19.6 Å². The molecule has 2 saturated heterocycles. The van der Waals surface area contributed by atoms with Crippen molar-refractivity contribution in [2.75, 3.05) is 33.5 Å². The standard InChI is InChI=1S/C20H37NO17S3/c1-5-14-17(21-39(24,25)26)10(2)12(15(36-14)9-35-40(27,28)29)7-34-8-16-18(38-41(30,31)32)11(3)13(6-33-4)19(37-16)20(22)23/h10-19,21H,5-9H2,1-4H3,(H,22,23)(H,24,25,26)(H,27,28,29)(H,30,31,32)/t10-,11-,12+,13+,14-,15?,16-,17?,18?,19?/m0/s1. The fourth-order valence-corrected chi connectivity index (χ4v) is 6.87. The smallest absolute Gasteiger partial charge is 0.397 e. The minimum Gasteiger partial charge on any atom is -0.479 e. The molecule has 41 heavy (non-hydrogen) atoms. The van der Waals surface area contributed by atoms with E-state index in [0.29, 0.717) is 0 Å². The molecular weight excluding hydrogens is 622 g/mol. The Hall–Kier alpha value is -1.08. The van der Waals surface area contributed by atoms with Crippen LogP contribution in [0.1, 0.15) is 27.2 Å². The maximum absolute atomic E-state index is 11.9. The van der Waals surface area contributed by atoms with E-state index >= 15 is 0 Å². The summed E-state index contributed by atoms with van der Waals surface area (Å²) in [5, 5.41) is 9.68. The molecule has 0 bridgehead atoms. The van der Waals surface area contributed by atoms with Crippen LogP contribution < -0.4 is 4.72 Å². The van der Waals surface area contributed by atoms with E-state index in [1.807, 2.05) is 0 Å². The Labute approximate surface area is 238 Å². The molecule has 2 aliphatic heterocycles. The van der Waals surface area contributed by atoms with Crippen molar-refractivity contribution in [3.63, 3.8) is 0 Å². The van der Waals surface area contributed by atoms with Crippen molar-refractivity contribution in [3.05, 3.63) is 0 Å². The molecule has 242 valence electrons. The van der Waals surface area contributed by atoms with Crippen LogP contribution in [-0.2, 0) is 63.2 Å². The highest BCUT2D eigenvalue weighted by molar-refractivity contribution is 7.83. The summed E-state index contributed by atoms with van der Waals surface area (Å²) < 4.78 is 130. The van der Waals surface area contributed by atoms with E-state index in [4.69, 9.17) is 27.7 Å². The van der Waals surface area contributed by atoms with Gasteiger partial charge in [-0.3, -0.25) is 13.7 Å². The number of nitrogens with one attached hydrogen (secondary N) is 1. The molecule has 18 nitrogen and oxygen atoms in total. The van der Waals surface area contributed by atoms with Crippen LogP contribution >= 0.6 is 0 Å². The molecule has 21 heteroatoms. The second-order valence-electron chi connectivity index (χ2n) is 9.91. The highest BCUT2D eigenvalue weighted by Crippen LogP contribution is 2.36. The topological polar surface area (TPSA) is 268 Å². The third-order valence-corrected chi connectivity index (χ3v) is 8.71. The van der Waals surface area contributed by atoms with Gasteiger partial charge in [0.1, 0.15) is 12.2 Å². The Kier molecular flexibility index (Phi) is 12.9. The van der Waals surface area contributed by atoms with Crippen molar-refractivity contribution < 1.29 is 76.1 Å². The Balaban J connectivity index is 2.30. The van der Waals surface area contributed by atoms with Crippen LogP contribution in [-0.4, -0.2) is 120 Å². The zero-order valence-corrected chi connectivity index (χ0v) is 25.1. The predicted molar refractivity (Wildman–Crippen MR) is 136 cm³/mol. The van der Waals surface area contributed by atoms with Gasteiger partial charge in [0.05, 0.1) is 44.7 Å². The lowest BCUT2D eigenvalue weighted by Gasteiger charge is -2.46. The van der Waals surface area contributed by atoms with Crippen molar-refractivity contribution in [1.29, 1.82) is 0 Å². The number of methoxy groups -OCH3 is 1. The maximum Gasteiger partial charge on any atom is 0.397 e. The molecule has 10 atom stereocenters. The maximum atomic E-state index is 11.9. The highest BCUT2D eigenvalue weighted by Gasteiger charge is 2.49. The molecule has 0 aromatic carbocycles. The summed E-state index contributed by atoms with van der Waals surface area (Å²) in [7, 11) is -13.3. The Bertz CT molecular complexity index is 1190. The molecule has 0 aromatic rings. The van der Waals surface area contributed by atoms with Crippen molar-refractivity contribution in [1.82, 2.24) is 4.72 Å². The molecule has 0 aromatic heterocycles. The monoisotopic (exact) mass is 659 g/mol. The van der Waals surface area contributed by atoms with Gasteiger partial charge in [-0.2, -0.15) is 30.0 Å². The second kappa shape index (κ2) is 14.6. The van der Waals surface area contributed by atoms with E-state index < -0.39 is 111 Å². The van der Waals surface area contributed by atoms with Gasteiger partial charge in [0.2, 0.25) is 0 Å². The Morgan fingerprint density at radius 3 is 1.95 bits per heavy atom. The fourth-order valence-electron chi connectivity index (χ4n) is 5.28. The molecule has 0 amide bonds. The molecule has 2 heterocycles. The van der Waals surface area contributed by atoms with Crippen LogP contribution in [0, 0.1) is 23.7 Å². The van der Waals surface area contributed by atoms with Crippen LogP contribution in [0.4, 0.5) is 0 Å². The quantitative estimate of drug-likeness (QED) is 0.131. The number of aliphatic carboxylic acids is 1. The lowest BCUT2D eigenvalue weighted by molar-refractivity contribution is -0.209. The lowest BCUT2D eigenvalue weighted by atomic mass is 9.79. The SMILES string of the molecule is CC[C@@H]1OC(COS(=O)(=O)O)[C@H](COC[C@@H]2OC(C(=O)O)[C@H](COC)[C@H](C)C2OS(=O)(=O)O)[C@H](C)C1NS(=O)(=O)O. The second-order valence-corrected chi connectivity index (χ2v) is 13.2. The minimum atomic E-state index is -5.01. The number of carboxylic acids is 1. The number of hydrogen-bond acceptors (Lipinski definition) is 13. The Morgan fingerprint density at radius 1 is 0.829 bits per heavy atom. The molecule has 0 saturated carbocycles. The lowest BCUT2D eigenvalue weighted by Crippen LogP contribution is -2.59. The third-order valence-electron chi connectivity index (χ3n) is 7.24. The first-order valence-electron chi connectivity index (χ1n) is 12.4. The first kappa shape index (κ1) is 36.1. The van der Waals surface area contributed by atoms with Crippen LogP contribution in [0.25, 0.3) is 0 Å². The van der Waals surface area contributed by atoms with Gasteiger partial charge in [-0.25, -0.2) is 13.2 Å². The van der Waals surface area contributed by atoms with Crippen molar-refractivity contribution in [2.45, 2.75) is 63.8 Å². The molecule has 2 rings (SSSR count). The average molecular weight is 660 g/mol. The molecular formula is C20H37NO17S3. The normalized spacial score (nSPS) is 35.3. The molecule has 2 fully saturated rings. The summed E-state index contributed by atoms with van der Waals surface area (Å²) >= 11 is 0. The minimum absolute atomic E-state index is 0.135. The number of rotatable bonds is 15. The summed E-state index contributed by atoms with van der Waals surface area (Å²) in [4.78, 5) is 11.9. The van der Waals surface area contributed by atoms with Gasteiger partial charge in [0, 0.05) is 18.9 Å². The third kappa shape index (κ3) is 10.9. The summed E-state index contributed by atoms with van der Waals surface area (Å²) in [6.45, 7) is 3.08.